The van der Waals surface area contributed by atoms with Crippen molar-refractivity contribution in [3.05, 3.63) is 34.3 Å². The third kappa shape index (κ3) is 3.37. The molecule has 88 valence electrons. The van der Waals surface area contributed by atoms with E-state index in [9.17, 15) is 0 Å². The molecule has 0 aliphatic heterocycles. The summed E-state index contributed by atoms with van der Waals surface area (Å²) >= 11 is 3.45. The Balaban J connectivity index is 1.96. The summed E-state index contributed by atoms with van der Waals surface area (Å²) in [6.45, 7) is 0.412. The molecular formula is C12H13N3S2. The summed E-state index contributed by atoms with van der Waals surface area (Å²) in [5, 5.41) is 1.04. The number of thioether (sulfide) groups is 1. The third-order valence-electron chi connectivity index (χ3n) is 2.10. The van der Waals surface area contributed by atoms with Gasteiger partial charge in [-0.3, -0.25) is 0 Å². The van der Waals surface area contributed by atoms with Gasteiger partial charge in [0.15, 0.2) is 5.16 Å². The lowest BCUT2D eigenvalue weighted by Crippen LogP contribution is -1.92. The molecule has 5 heteroatoms. The van der Waals surface area contributed by atoms with Crippen LogP contribution >= 0.6 is 23.1 Å². The summed E-state index contributed by atoms with van der Waals surface area (Å²) in [6, 6.07) is 4.16. The van der Waals surface area contributed by atoms with E-state index in [0.29, 0.717) is 6.54 Å². The normalized spacial score (nSPS) is 10.0. The Kier molecular flexibility index (Phi) is 4.26. The molecule has 0 aliphatic carbocycles. The average Bonchev–Trinajstić information content (AvgIpc) is 2.93. The van der Waals surface area contributed by atoms with Crippen LogP contribution in [-0.2, 0) is 12.8 Å². The maximum Gasteiger partial charge on any atom is 0.168 e. The molecule has 3 nitrogen and oxygen atoms in total. The molecule has 2 aromatic rings. The summed E-state index contributed by atoms with van der Waals surface area (Å²) in [6.07, 6.45) is 3.77. The Hall–Kier alpha value is -1.22. The molecule has 0 amide bonds. The van der Waals surface area contributed by atoms with Crippen LogP contribution in [0.1, 0.15) is 9.75 Å². The van der Waals surface area contributed by atoms with Gasteiger partial charge in [0.25, 0.3) is 0 Å². The molecule has 0 fully saturated rings. The first kappa shape index (κ1) is 12.2. The number of thiophene rings is 1. The van der Waals surface area contributed by atoms with Crippen molar-refractivity contribution in [2.24, 2.45) is 12.8 Å². The van der Waals surface area contributed by atoms with Crippen LogP contribution in [0, 0.1) is 11.8 Å². The van der Waals surface area contributed by atoms with E-state index in [0.717, 1.165) is 15.8 Å². The summed E-state index contributed by atoms with van der Waals surface area (Å²) in [5.74, 6) is 6.83. The number of rotatable bonds is 3. The van der Waals surface area contributed by atoms with Gasteiger partial charge in [0.2, 0.25) is 0 Å². The molecule has 0 bridgehead atoms. The van der Waals surface area contributed by atoms with Gasteiger partial charge in [-0.1, -0.05) is 23.6 Å². The first-order valence-electron chi connectivity index (χ1n) is 5.17. The van der Waals surface area contributed by atoms with E-state index in [-0.39, 0.29) is 0 Å². The molecule has 0 atom stereocenters. The van der Waals surface area contributed by atoms with E-state index < -0.39 is 0 Å². The van der Waals surface area contributed by atoms with Crippen molar-refractivity contribution in [2.75, 3.05) is 6.54 Å². The molecule has 0 spiro atoms. The fraction of sp³-hybridized carbons (Fsp3) is 0.250. The smallest absolute Gasteiger partial charge is 0.168 e. The predicted molar refractivity (Wildman–Crippen MR) is 73.0 cm³/mol. The Morgan fingerprint density at radius 2 is 2.41 bits per heavy atom. The largest absolute Gasteiger partial charge is 0.329 e. The van der Waals surface area contributed by atoms with Gasteiger partial charge in [-0.05, 0) is 12.1 Å². The van der Waals surface area contributed by atoms with Gasteiger partial charge in [-0.2, -0.15) is 0 Å². The lowest BCUT2D eigenvalue weighted by Gasteiger charge is -1.98. The van der Waals surface area contributed by atoms with Crippen molar-refractivity contribution in [3.63, 3.8) is 0 Å². The minimum Gasteiger partial charge on any atom is -0.329 e. The minimum absolute atomic E-state index is 0.412. The highest BCUT2D eigenvalue weighted by Gasteiger charge is 2.03. The number of hydrogen-bond donors (Lipinski definition) is 1. The minimum atomic E-state index is 0.412. The van der Waals surface area contributed by atoms with E-state index in [1.54, 1.807) is 23.1 Å². The van der Waals surface area contributed by atoms with Crippen molar-refractivity contribution in [1.29, 1.82) is 0 Å². The van der Waals surface area contributed by atoms with Crippen LogP contribution in [0.2, 0.25) is 0 Å². The highest BCUT2D eigenvalue weighted by molar-refractivity contribution is 7.98. The second kappa shape index (κ2) is 5.92. The Bertz CT molecular complexity index is 545. The van der Waals surface area contributed by atoms with Crippen molar-refractivity contribution < 1.29 is 0 Å². The molecule has 2 rings (SSSR count). The lowest BCUT2D eigenvalue weighted by atomic mass is 10.4. The summed E-state index contributed by atoms with van der Waals surface area (Å²) in [7, 11) is 2.00. The van der Waals surface area contributed by atoms with E-state index >= 15 is 0 Å². The predicted octanol–water partition coefficient (Wildman–Crippen LogP) is 2.08. The molecule has 0 saturated heterocycles. The molecule has 2 N–H and O–H groups in total. The summed E-state index contributed by atoms with van der Waals surface area (Å²) in [5.41, 5.74) is 5.34. The summed E-state index contributed by atoms with van der Waals surface area (Å²) < 4.78 is 2.02. The first-order chi connectivity index (χ1) is 8.29. The van der Waals surface area contributed by atoms with Crippen LogP contribution in [0.25, 0.3) is 0 Å². The number of imidazole rings is 1. The van der Waals surface area contributed by atoms with Crippen LogP contribution in [0.4, 0.5) is 0 Å². The second-order valence-corrected chi connectivity index (χ2v) is 5.49. The van der Waals surface area contributed by atoms with Crippen LogP contribution < -0.4 is 5.73 Å². The zero-order valence-corrected chi connectivity index (χ0v) is 11.1. The third-order valence-corrected chi connectivity index (χ3v) is 4.39. The monoisotopic (exact) mass is 263 g/mol. The standard InChI is InChI=1S/C12H13N3S2/c1-15-8-7-14-12(15)16-9-11-5-4-10(17-11)3-2-6-13/h4-5,7-8H,6,9,13H2,1H3. The SMILES string of the molecule is Cn1ccnc1SCc1ccc(C#CCN)s1. The molecule has 2 aromatic heterocycles. The zero-order chi connectivity index (χ0) is 12.1. The van der Waals surface area contributed by atoms with E-state index in [1.165, 1.54) is 4.88 Å². The fourth-order valence-corrected chi connectivity index (χ4v) is 3.15. The van der Waals surface area contributed by atoms with Crippen molar-refractivity contribution in [2.45, 2.75) is 10.9 Å². The van der Waals surface area contributed by atoms with Crippen LogP contribution in [0.15, 0.2) is 29.7 Å². The molecule has 2 heterocycles. The van der Waals surface area contributed by atoms with Crippen molar-refractivity contribution in [1.82, 2.24) is 9.55 Å². The Labute approximate surface area is 109 Å². The van der Waals surface area contributed by atoms with Crippen LogP contribution in [0.3, 0.4) is 0 Å². The Morgan fingerprint density at radius 3 is 3.12 bits per heavy atom. The number of aryl methyl sites for hydroxylation is 1. The number of hydrogen-bond acceptors (Lipinski definition) is 4. The Morgan fingerprint density at radius 1 is 1.53 bits per heavy atom. The highest BCUT2D eigenvalue weighted by Crippen LogP contribution is 2.25. The molecular weight excluding hydrogens is 250 g/mol. The van der Waals surface area contributed by atoms with Crippen molar-refractivity contribution in [3.8, 4) is 11.8 Å². The van der Waals surface area contributed by atoms with Crippen LogP contribution in [-0.4, -0.2) is 16.1 Å². The van der Waals surface area contributed by atoms with Gasteiger partial charge in [-0.25, -0.2) is 4.98 Å². The number of nitrogens with zero attached hydrogens (tertiary/aromatic N) is 2. The fourth-order valence-electron chi connectivity index (χ4n) is 1.29. The molecule has 0 aliphatic rings. The lowest BCUT2D eigenvalue weighted by molar-refractivity contribution is 0.790. The molecule has 0 unspecified atom stereocenters. The summed E-state index contributed by atoms with van der Waals surface area (Å²) in [4.78, 5) is 6.65. The van der Waals surface area contributed by atoms with Gasteiger partial charge in [0.05, 0.1) is 11.4 Å². The van der Waals surface area contributed by atoms with E-state index in [2.05, 4.69) is 22.9 Å². The van der Waals surface area contributed by atoms with Gasteiger partial charge in [0.1, 0.15) is 0 Å². The maximum absolute atomic E-state index is 5.34. The van der Waals surface area contributed by atoms with Gasteiger partial charge >= 0.3 is 0 Å². The molecule has 0 saturated carbocycles. The second-order valence-electron chi connectivity index (χ2n) is 3.38. The van der Waals surface area contributed by atoms with Gasteiger partial charge in [0, 0.05) is 30.1 Å². The molecule has 17 heavy (non-hydrogen) atoms. The maximum atomic E-state index is 5.34. The average molecular weight is 263 g/mol. The molecule has 0 radical (unpaired) electrons. The first-order valence-corrected chi connectivity index (χ1v) is 6.97. The van der Waals surface area contributed by atoms with Gasteiger partial charge in [-0.15, -0.1) is 11.3 Å². The van der Waals surface area contributed by atoms with Crippen LogP contribution in [0.5, 0.6) is 0 Å². The zero-order valence-electron chi connectivity index (χ0n) is 9.51. The van der Waals surface area contributed by atoms with Gasteiger partial charge < -0.3 is 10.3 Å². The quantitative estimate of drug-likeness (QED) is 0.681. The van der Waals surface area contributed by atoms with Crippen molar-refractivity contribution >= 4 is 23.1 Å². The number of nitrogens with two attached hydrogens (primary N) is 1. The highest BCUT2D eigenvalue weighted by atomic mass is 32.2. The molecule has 0 aromatic carbocycles. The van der Waals surface area contributed by atoms with E-state index in [1.807, 2.05) is 30.1 Å². The number of aromatic nitrogens is 2. The topological polar surface area (TPSA) is 43.8 Å². The van der Waals surface area contributed by atoms with E-state index in [4.69, 9.17) is 5.73 Å².